The van der Waals surface area contributed by atoms with Crippen molar-refractivity contribution in [3.8, 4) is 0 Å². The van der Waals surface area contributed by atoms with Crippen molar-refractivity contribution < 1.29 is 5.11 Å². The first kappa shape index (κ1) is 13.0. The second kappa shape index (κ2) is 6.48. The maximum Gasteiger partial charge on any atom is 0.0545 e. The van der Waals surface area contributed by atoms with Gasteiger partial charge in [-0.2, -0.15) is 0 Å². The number of aliphatic hydroxyl groups is 1. The summed E-state index contributed by atoms with van der Waals surface area (Å²) in [5.41, 5.74) is 1.32. The summed E-state index contributed by atoms with van der Waals surface area (Å²) in [6, 6.07) is 8.52. The molecular formula is C13H19IO. The normalized spacial score (nSPS) is 13.1. The van der Waals surface area contributed by atoms with Gasteiger partial charge in [-0.15, -0.1) is 0 Å². The minimum absolute atomic E-state index is 0.149. The van der Waals surface area contributed by atoms with Crippen molar-refractivity contribution in [1.29, 1.82) is 0 Å². The molecule has 0 fully saturated rings. The van der Waals surface area contributed by atoms with Crippen molar-refractivity contribution in [3.05, 3.63) is 33.4 Å². The van der Waals surface area contributed by atoms with Crippen molar-refractivity contribution in [1.82, 2.24) is 0 Å². The topological polar surface area (TPSA) is 20.2 Å². The molecule has 1 N–H and O–H groups in total. The van der Waals surface area contributed by atoms with Crippen LogP contribution in [0.5, 0.6) is 0 Å². The Morgan fingerprint density at radius 2 is 1.80 bits per heavy atom. The van der Waals surface area contributed by atoms with Gasteiger partial charge in [-0.3, -0.25) is 0 Å². The zero-order chi connectivity index (χ0) is 11.3. The van der Waals surface area contributed by atoms with E-state index in [1.165, 1.54) is 9.13 Å². The molecule has 0 aliphatic rings. The molecule has 1 aromatic carbocycles. The summed E-state index contributed by atoms with van der Waals surface area (Å²) in [7, 11) is 0. The lowest BCUT2D eigenvalue weighted by atomic mass is 10.00. The standard InChI is InChI=1S/C13H19IO/c1-10(2)9-13(15)8-5-11-3-6-12(14)7-4-11/h3-4,6-7,10,13,15H,5,8-9H2,1-2H3. The van der Waals surface area contributed by atoms with Gasteiger partial charge in [0.15, 0.2) is 0 Å². The molecule has 0 bridgehead atoms. The number of hydrogen-bond donors (Lipinski definition) is 1. The van der Waals surface area contributed by atoms with Crippen LogP contribution in [0.25, 0.3) is 0 Å². The SMILES string of the molecule is CC(C)CC(O)CCc1ccc(I)cc1. The summed E-state index contributed by atoms with van der Waals surface area (Å²) in [6.45, 7) is 4.29. The molecule has 84 valence electrons. The molecule has 0 saturated heterocycles. The molecule has 0 aromatic heterocycles. The third-order valence-corrected chi connectivity index (χ3v) is 3.14. The van der Waals surface area contributed by atoms with Gasteiger partial charge in [0, 0.05) is 3.57 Å². The fraction of sp³-hybridized carbons (Fsp3) is 0.538. The van der Waals surface area contributed by atoms with Gasteiger partial charge in [0.25, 0.3) is 0 Å². The van der Waals surface area contributed by atoms with E-state index in [-0.39, 0.29) is 6.10 Å². The Bertz CT molecular complexity index is 279. The fourth-order valence-electron chi connectivity index (χ4n) is 1.65. The van der Waals surface area contributed by atoms with Crippen LogP contribution >= 0.6 is 22.6 Å². The number of aryl methyl sites for hydroxylation is 1. The van der Waals surface area contributed by atoms with E-state index in [0.717, 1.165) is 19.3 Å². The highest BCUT2D eigenvalue weighted by Crippen LogP contribution is 2.13. The monoisotopic (exact) mass is 318 g/mol. The van der Waals surface area contributed by atoms with E-state index in [1.54, 1.807) is 0 Å². The zero-order valence-corrected chi connectivity index (χ0v) is 11.6. The average molecular weight is 318 g/mol. The van der Waals surface area contributed by atoms with E-state index in [4.69, 9.17) is 0 Å². The van der Waals surface area contributed by atoms with Gasteiger partial charge < -0.3 is 5.11 Å². The number of hydrogen-bond acceptors (Lipinski definition) is 1. The Labute approximate surface area is 106 Å². The predicted molar refractivity (Wildman–Crippen MR) is 72.9 cm³/mol. The lowest BCUT2D eigenvalue weighted by molar-refractivity contribution is 0.140. The molecule has 1 aromatic rings. The number of halogens is 1. The van der Waals surface area contributed by atoms with Gasteiger partial charge in [-0.1, -0.05) is 26.0 Å². The second-order valence-electron chi connectivity index (χ2n) is 4.45. The summed E-state index contributed by atoms with van der Waals surface area (Å²) in [4.78, 5) is 0. The molecule has 0 spiro atoms. The Morgan fingerprint density at radius 1 is 1.20 bits per heavy atom. The van der Waals surface area contributed by atoms with Gasteiger partial charge in [-0.25, -0.2) is 0 Å². The average Bonchev–Trinajstić information content (AvgIpc) is 2.16. The highest BCUT2D eigenvalue weighted by atomic mass is 127. The van der Waals surface area contributed by atoms with Crippen LogP contribution in [0.4, 0.5) is 0 Å². The van der Waals surface area contributed by atoms with Crippen LogP contribution in [-0.4, -0.2) is 11.2 Å². The van der Waals surface area contributed by atoms with E-state index in [0.29, 0.717) is 5.92 Å². The molecule has 2 heteroatoms. The first-order valence-corrected chi connectivity index (χ1v) is 6.58. The highest BCUT2D eigenvalue weighted by Gasteiger charge is 2.06. The molecular weight excluding hydrogens is 299 g/mol. The van der Waals surface area contributed by atoms with Crippen LogP contribution in [-0.2, 0) is 6.42 Å². The number of rotatable bonds is 5. The third-order valence-electron chi connectivity index (χ3n) is 2.42. The highest BCUT2D eigenvalue weighted by molar-refractivity contribution is 14.1. The van der Waals surface area contributed by atoms with Crippen molar-refractivity contribution in [2.75, 3.05) is 0 Å². The summed E-state index contributed by atoms with van der Waals surface area (Å²) >= 11 is 2.30. The van der Waals surface area contributed by atoms with Gasteiger partial charge in [0.05, 0.1) is 6.10 Å². The van der Waals surface area contributed by atoms with Gasteiger partial charge in [-0.05, 0) is 65.5 Å². The number of aliphatic hydroxyl groups excluding tert-OH is 1. The van der Waals surface area contributed by atoms with Crippen LogP contribution in [0.1, 0.15) is 32.3 Å². The number of benzene rings is 1. The Morgan fingerprint density at radius 3 is 2.33 bits per heavy atom. The third kappa shape index (κ3) is 5.52. The van der Waals surface area contributed by atoms with Crippen LogP contribution in [0.2, 0.25) is 0 Å². The molecule has 0 aliphatic carbocycles. The predicted octanol–water partition coefficient (Wildman–Crippen LogP) is 3.63. The minimum atomic E-state index is -0.149. The van der Waals surface area contributed by atoms with Crippen LogP contribution in [0.3, 0.4) is 0 Å². The van der Waals surface area contributed by atoms with Crippen molar-refractivity contribution in [3.63, 3.8) is 0 Å². The summed E-state index contributed by atoms with van der Waals surface area (Å²) in [6.07, 6.45) is 2.61. The molecule has 0 aliphatic heterocycles. The smallest absolute Gasteiger partial charge is 0.0545 e. The van der Waals surface area contributed by atoms with E-state index in [2.05, 4.69) is 60.7 Å². The van der Waals surface area contributed by atoms with E-state index in [9.17, 15) is 5.11 Å². The Balaban J connectivity index is 2.33. The van der Waals surface area contributed by atoms with Crippen LogP contribution in [0.15, 0.2) is 24.3 Å². The zero-order valence-electron chi connectivity index (χ0n) is 9.41. The largest absolute Gasteiger partial charge is 0.393 e. The first-order valence-electron chi connectivity index (χ1n) is 5.50. The van der Waals surface area contributed by atoms with Crippen molar-refractivity contribution in [2.45, 2.75) is 39.2 Å². The lowest BCUT2D eigenvalue weighted by Gasteiger charge is -2.12. The van der Waals surface area contributed by atoms with E-state index in [1.807, 2.05) is 0 Å². The maximum atomic E-state index is 9.73. The van der Waals surface area contributed by atoms with Gasteiger partial charge >= 0.3 is 0 Å². The minimum Gasteiger partial charge on any atom is -0.393 e. The van der Waals surface area contributed by atoms with Crippen LogP contribution in [0, 0.1) is 9.49 Å². The molecule has 1 atom stereocenters. The summed E-state index contributed by atoms with van der Waals surface area (Å²) < 4.78 is 1.26. The molecule has 0 radical (unpaired) electrons. The van der Waals surface area contributed by atoms with Crippen LogP contribution < -0.4 is 0 Å². The molecule has 15 heavy (non-hydrogen) atoms. The second-order valence-corrected chi connectivity index (χ2v) is 5.69. The van der Waals surface area contributed by atoms with Gasteiger partial charge in [0.1, 0.15) is 0 Å². The van der Waals surface area contributed by atoms with Gasteiger partial charge in [0.2, 0.25) is 0 Å². The Hall–Kier alpha value is -0.0900. The molecule has 0 saturated carbocycles. The molecule has 0 heterocycles. The van der Waals surface area contributed by atoms with Crippen molar-refractivity contribution in [2.24, 2.45) is 5.92 Å². The lowest BCUT2D eigenvalue weighted by Crippen LogP contribution is -2.11. The fourth-order valence-corrected chi connectivity index (χ4v) is 2.01. The quantitative estimate of drug-likeness (QED) is 0.822. The molecule has 0 amide bonds. The van der Waals surface area contributed by atoms with E-state index < -0.39 is 0 Å². The molecule has 1 rings (SSSR count). The molecule has 1 nitrogen and oxygen atoms in total. The first-order chi connectivity index (χ1) is 7.08. The van der Waals surface area contributed by atoms with Crippen molar-refractivity contribution >= 4 is 22.6 Å². The van der Waals surface area contributed by atoms with E-state index >= 15 is 0 Å². The summed E-state index contributed by atoms with van der Waals surface area (Å²) in [5.74, 6) is 0.580. The maximum absolute atomic E-state index is 9.73. The summed E-state index contributed by atoms with van der Waals surface area (Å²) in [5, 5.41) is 9.73. The Kier molecular flexibility index (Phi) is 5.61. The molecule has 1 unspecified atom stereocenters.